The molecule has 0 bridgehead atoms. The molecule has 96 valence electrons. The molecular weight excluding hydrogens is 265 g/mol. The van der Waals surface area contributed by atoms with Crippen molar-refractivity contribution < 1.29 is 9.50 Å². The van der Waals surface area contributed by atoms with Crippen LogP contribution in [0.5, 0.6) is 0 Å². The summed E-state index contributed by atoms with van der Waals surface area (Å²) in [4.78, 5) is 3.06. The summed E-state index contributed by atoms with van der Waals surface area (Å²) in [6, 6.07) is 11.7. The maximum atomic E-state index is 13.9. The zero-order valence-electron chi connectivity index (χ0n) is 9.90. The zero-order chi connectivity index (χ0) is 13.4. The second kappa shape index (κ2) is 4.68. The summed E-state index contributed by atoms with van der Waals surface area (Å²) in [6.07, 6.45) is 0.774. The smallest absolute Gasteiger partial charge is 0.130 e. The molecule has 0 fully saturated rings. The number of aliphatic hydroxyl groups is 1. The third-order valence-electron chi connectivity index (χ3n) is 3.18. The van der Waals surface area contributed by atoms with Crippen LogP contribution in [0.3, 0.4) is 0 Å². The Labute approximate surface area is 114 Å². The molecule has 0 spiro atoms. The SMILES string of the molecule is OC(c1ccc(Cl)cc1F)c1cccc2[nH]ccc12. The molecule has 1 atom stereocenters. The van der Waals surface area contributed by atoms with Crippen molar-refractivity contribution in [2.75, 3.05) is 0 Å². The first-order valence-corrected chi connectivity index (χ1v) is 6.23. The highest BCUT2D eigenvalue weighted by Gasteiger charge is 2.17. The van der Waals surface area contributed by atoms with Crippen molar-refractivity contribution in [3.8, 4) is 0 Å². The van der Waals surface area contributed by atoms with E-state index in [1.54, 1.807) is 18.3 Å². The van der Waals surface area contributed by atoms with Gasteiger partial charge in [-0.05, 0) is 29.8 Å². The molecule has 4 heteroatoms. The molecule has 3 aromatic rings. The van der Waals surface area contributed by atoms with E-state index in [-0.39, 0.29) is 5.56 Å². The first kappa shape index (κ1) is 12.2. The molecule has 2 nitrogen and oxygen atoms in total. The van der Waals surface area contributed by atoms with E-state index in [1.165, 1.54) is 12.1 Å². The maximum absolute atomic E-state index is 13.9. The van der Waals surface area contributed by atoms with Crippen molar-refractivity contribution in [2.45, 2.75) is 6.10 Å². The molecule has 1 aromatic heterocycles. The van der Waals surface area contributed by atoms with E-state index in [1.807, 2.05) is 18.2 Å². The van der Waals surface area contributed by atoms with Gasteiger partial charge in [-0.2, -0.15) is 0 Å². The number of rotatable bonds is 2. The van der Waals surface area contributed by atoms with Gasteiger partial charge in [0.25, 0.3) is 0 Å². The number of aromatic amines is 1. The molecule has 2 N–H and O–H groups in total. The largest absolute Gasteiger partial charge is 0.384 e. The highest BCUT2D eigenvalue weighted by atomic mass is 35.5. The third kappa shape index (κ3) is 2.11. The molecule has 2 aromatic carbocycles. The van der Waals surface area contributed by atoms with Crippen LogP contribution in [0.15, 0.2) is 48.7 Å². The predicted molar refractivity (Wildman–Crippen MR) is 73.8 cm³/mol. The van der Waals surface area contributed by atoms with Gasteiger partial charge in [0.05, 0.1) is 0 Å². The fraction of sp³-hybridized carbons (Fsp3) is 0.0667. The lowest BCUT2D eigenvalue weighted by molar-refractivity contribution is 0.216. The van der Waals surface area contributed by atoms with Gasteiger partial charge in [-0.25, -0.2) is 4.39 Å². The van der Waals surface area contributed by atoms with Gasteiger partial charge < -0.3 is 10.1 Å². The van der Waals surface area contributed by atoms with Crippen LogP contribution >= 0.6 is 11.6 Å². The van der Waals surface area contributed by atoms with E-state index in [0.717, 1.165) is 10.9 Å². The van der Waals surface area contributed by atoms with Crippen LogP contribution in [0.25, 0.3) is 10.9 Å². The molecule has 0 amide bonds. The minimum absolute atomic E-state index is 0.220. The predicted octanol–water partition coefficient (Wildman–Crippen LogP) is 4.04. The number of nitrogens with one attached hydrogen (secondary N) is 1. The minimum atomic E-state index is -1.02. The van der Waals surface area contributed by atoms with Gasteiger partial charge in [-0.3, -0.25) is 0 Å². The molecule has 3 rings (SSSR count). The highest BCUT2D eigenvalue weighted by molar-refractivity contribution is 6.30. The van der Waals surface area contributed by atoms with E-state index in [9.17, 15) is 9.50 Å². The van der Waals surface area contributed by atoms with Gasteiger partial charge in [0.2, 0.25) is 0 Å². The second-order valence-corrected chi connectivity index (χ2v) is 4.79. The van der Waals surface area contributed by atoms with Crippen molar-refractivity contribution in [1.29, 1.82) is 0 Å². The van der Waals surface area contributed by atoms with E-state index < -0.39 is 11.9 Å². The van der Waals surface area contributed by atoms with Gasteiger partial charge in [0.15, 0.2) is 0 Å². The number of hydrogen-bond donors (Lipinski definition) is 2. The lowest BCUT2D eigenvalue weighted by atomic mass is 9.98. The molecule has 1 unspecified atom stereocenters. The maximum Gasteiger partial charge on any atom is 0.130 e. The van der Waals surface area contributed by atoms with E-state index in [4.69, 9.17) is 11.6 Å². The van der Waals surface area contributed by atoms with Crippen LogP contribution in [0.1, 0.15) is 17.2 Å². The topological polar surface area (TPSA) is 36.0 Å². The molecule has 1 heterocycles. The number of hydrogen-bond acceptors (Lipinski definition) is 1. The third-order valence-corrected chi connectivity index (χ3v) is 3.42. The van der Waals surface area contributed by atoms with Gasteiger partial charge in [0, 0.05) is 27.7 Å². The van der Waals surface area contributed by atoms with Gasteiger partial charge in [-0.15, -0.1) is 0 Å². The van der Waals surface area contributed by atoms with Crippen LogP contribution in [0.2, 0.25) is 5.02 Å². The van der Waals surface area contributed by atoms with E-state index in [2.05, 4.69) is 4.98 Å². The molecule has 0 aliphatic rings. The van der Waals surface area contributed by atoms with Crippen LogP contribution < -0.4 is 0 Å². The van der Waals surface area contributed by atoms with Crippen LogP contribution in [-0.4, -0.2) is 10.1 Å². The summed E-state index contributed by atoms with van der Waals surface area (Å²) >= 11 is 5.72. The molecule has 0 saturated heterocycles. The summed E-state index contributed by atoms with van der Waals surface area (Å²) in [7, 11) is 0. The fourth-order valence-electron chi connectivity index (χ4n) is 2.24. The number of halogens is 2. The number of fused-ring (bicyclic) bond motifs is 1. The Morgan fingerprint density at radius 1 is 1.11 bits per heavy atom. The molecule has 19 heavy (non-hydrogen) atoms. The Morgan fingerprint density at radius 2 is 1.95 bits per heavy atom. The molecule has 0 aliphatic heterocycles. The monoisotopic (exact) mass is 275 g/mol. The van der Waals surface area contributed by atoms with Crippen molar-refractivity contribution in [3.05, 3.63) is 70.6 Å². The Morgan fingerprint density at radius 3 is 2.74 bits per heavy atom. The van der Waals surface area contributed by atoms with Crippen molar-refractivity contribution in [3.63, 3.8) is 0 Å². The van der Waals surface area contributed by atoms with E-state index >= 15 is 0 Å². The van der Waals surface area contributed by atoms with Gasteiger partial charge >= 0.3 is 0 Å². The Hall–Kier alpha value is -1.84. The first-order chi connectivity index (χ1) is 9.16. The first-order valence-electron chi connectivity index (χ1n) is 5.86. The van der Waals surface area contributed by atoms with Gasteiger partial charge in [0.1, 0.15) is 11.9 Å². The standard InChI is InChI=1S/C15H11ClFNO/c16-9-4-5-12(13(17)8-9)15(19)11-2-1-3-14-10(11)6-7-18-14/h1-8,15,18-19H. The highest BCUT2D eigenvalue weighted by Crippen LogP contribution is 2.30. The van der Waals surface area contributed by atoms with Crippen molar-refractivity contribution >= 4 is 22.5 Å². The Bertz CT molecular complexity index is 738. The summed E-state index contributed by atoms with van der Waals surface area (Å²) in [5.74, 6) is -0.507. The second-order valence-electron chi connectivity index (χ2n) is 4.35. The Balaban J connectivity index is 2.13. The van der Waals surface area contributed by atoms with Crippen LogP contribution in [-0.2, 0) is 0 Å². The molecule has 0 aliphatic carbocycles. The Kier molecular flexibility index (Phi) is 3.01. The van der Waals surface area contributed by atoms with Crippen LogP contribution in [0, 0.1) is 5.82 Å². The zero-order valence-corrected chi connectivity index (χ0v) is 10.7. The number of aromatic nitrogens is 1. The lowest BCUT2D eigenvalue weighted by Crippen LogP contribution is -2.03. The lowest BCUT2D eigenvalue weighted by Gasteiger charge is -2.13. The number of benzene rings is 2. The minimum Gasteiger partial charge on any atom is -0.384 e. The average Bonchev–Trinajstić information content (AvgIpc) is 2.86. The summed E-state index contributed by atoms with van der Waals surface area (Å²) in [5.41, 5.74) is 1.80. The summed E-state index contributed by atoms with van der Waals surface area (Å²) in [6.45, 7) is 0. The molecule has 0 saturated carbocycles. The van der Waals surface area contributed by atoms with Crippen molar-refractivity contribution in [2.24, 2.45) is 0 Å². The normalized spacial score (nSPS) is 12.8. The average molecular weight is 276 g/mol. The summed E-state index contributed by atoms with van der Waals surface area (Å²) < 4.78 is 13.9. The number of H-pyrrole nitrogens is 1. The quantitative estimate of drug-likeness (QED) is 0.727. The van der Waals surface area contributed by atoms with Crippen molar-refractivity contribution in [1.82, 2.24) is 4.98 Å². The molecule has 0 radical (unpaired) electrons. The summed E-state index contributed by atoms with van der Waals surface area (Å²) in [5, 5.41) is 11.6. The molecular formula is C15H11ClFNO. The number of aliphatic hydroxyl groups excluding tert-OH is 1. The van der Waals surface area contributed by atoms with E-state index in [0.29, 0.717) is 10.6 Å². The van der Waals surface area contributed by atoms with Gasteiger partial charge in [-0.1, -0.05) is 29.8 Å². The fourth-order valence-corrected chi connectivity index (χ4v) is 2.40. The van der Waals surface area contributed by atoms with Crippen LogP contribution in [0.4, 0.5) is 4.39 Å².